The van der Waals surface area contributed by atoms with Gasteiger partial charge in [-0.1, -0.05) is 0 Å². The maximum atomic E-state index is 12.8. The molecule has 108 valence electrons. The number of hydrogen-bond donors (Lipinski definition) is 2. The van der Waals surface area contributed by atoms with Crippen molar-refractivity contribution in [3.8, 4) is 0 Å². The molecule has 11 heteroatoms. The Balaban J connectivity index is 3.82. The van der Waals surface area contributed by atoms with Gasteiger partial charge in [0.2, 0.25) is 0 Å². The summed E-state index contributed by atoms with van der Waals surface area (Å²) in [6.45, 7) is -0.931. The van der Waals surface area contributed by atoms with Crippen molar-refractivity contribution >= 4 is 10.0 Å². The highest BCUT2D eigenvalue weighted by atomic mass is 32.2. The van der Waals surface area contributed by atoms with Crippen LogP contribution in [0.1, 0.15) is 23.1 Å². The van der Waals surface area contributed by atoms with Crippen molar-refractivity contribution in [1.29, 1.82) is 0 Å². The van der Waals surface area contributed by atoms with Gasteiger partial charge in [-0.05, 0) is 5.56 Å². The molecule has 1 rings (SSSR count). The first-order chi connectivity index (χ1) is 8.50. The molecule has 19 heavy (non-hydrogen) atoms. The maximum absolute atomic E-state index is 12.8. The van der Waals surface area contributed by atoms with Crippen LogP contribution in [0.2, 0.25) is 0 Å². The van der Waals surface area contributed by atoms with Crippen molar-refractivity contribution in [2.45, 2.75) is 24.2 Å². The lowest BCUT2D eigenvalue weighted by molar-refractivity contribution is -0.141. The van der Waals surface area contributed by atoms with E-state index in [0.717, 1.165) is 0 Å². The minimum Gasteiger partial charge on any atom is -0.326 e. The Morgan fingerprint density at radius 1 is 1.32 bits per heavy atom. The number of primary sulfonamides is 1. The van der Waals surface area contributed by atoms with Gasteiger partial charge in [-0.25, -0.2) is 27.3 Å². The molecular formula is C8H8F5N3O2S. The van der Waals surface area contributed by atoms with Gasteiger partial charge in [0.15, 0.2) is 5.03 Å². The van der Waals surface area contributed by atoms with Crippen molar-refractivity contribution in [3.05, 3.63) is 22.9 Å². The van der Waals surface area contributed by atoms with E-state index in [4.69, 9.17) is 5.73 Å². The SMILES string of the molecule is NCc1c(C(F)F)cnc(S(N)(=O)=O)c1C(F)(F)F. The second kappa shape index (κ2) is 4.98. The highest BCUT2D eigenvalue weighted by Gasteiger charge is 2.41. The summed E-state index contributed by atoms with van der Waals surface area (Å²) >= 11 is 0. The summed E-state index contributed by atoms with van der Waals surface area (Å²) in [4.78, 5) is 2.88. The number of halogens is 5. The van der Waals surface area contributed by atoms with Gasteiger partial charge in [0.05, 0.1) is 5.56 Å². The number of nitrogens with two attached hydrogens (primary N) is 2. The fourth-order valence-electron chi connectivity index (χ4n) is 1.46. The van der Waals surface area contributed by atoms with Crippen LogP contribution >= 0.6 is 0 Å². The fourth-order valence-corrected chi connectivity index (χ4v) is 2.18. The molecule has 0 atom stereocenters. The van der Waals surface area contributed by atoms with E-state index in [1.54, 1.807) is 0 Å². The number of sulfonamides is 1. The van der Waals surface area contributed by atoms with Gasteiger partial charge in [-0.3, -0.25) is 0 Å². The third-order valence-electron chi connectivity index (χ3n) is 2.18. The van der Waals surface area contributed by atoms with Crippen LogP contribution in [0.3, 0.4) is 0 Å². The zero-order valence-corrected chi connectivity index (χ0v) is 9.89. The highest BCUT2D eigenvalue weighted by molar-refractivity contribution is 7.89. The number of aromatic nitrogens is 1. The molecule has 0 fully saturated rings. The molecule has 0 aliphatic heterocycles. The van der Waals surface area contributed by atoms with Gasteiger partial charge in [0.1, 0.15) is 0 Å². The molecule has 1 aromatic heterocycles. The largest absolute Gasteiger partial charge is 0.419 e. The van der Waals surface area contributed by atoms with Gasteiger partial charge < -0.3 is 5.73 Å². The predicted octanol–water partition coefficient (Wildman–Crippen LogP) is 1.14. The van der Waals surface area contributed by atoms with Crippen LogP contribution in [-0.2, 0) is 22.7 Å². The molecule has 0 spiro atoms. The van der Waals surface area contributed by atoms with Crippen molar-refractivity contribution in [3.63, 3.8) is 0 Å². The number of alkyl halides is 5. The first-order valence-corrected chi connectivity index (χ1v) is 6.14. The standard InChI is InChI=1S/C8H8F5N3O2S/c9-6(10)4-2-16-7(19(15,17)18)5(3(4)1-14)8(11,12)13/h2,6H,1,14H2,(H2,15,17,18). The summed E-state index contributed by atoms with van der Waals surface area (Å²) in [6.07, 6.45) is -8.18. The summed E-state index contributed by atoms with van der Waals surface area (Å²) in [5.74, 6) is 0. The Bertz CT molecular complexity index is 585. The maximum Gasteiger partial charge on any atom is 0.419 e. The van der Waals surface area contributed by atoms with Crippen molar-refractivity contribution in [2.24, 2.45) is 10.9 Å². The number of hydrogen-bond acceptors (Lipinski definition) is 4. The van der Waals surface area contributed by atoms with Crippen molar-refractivity contribution < 1.29 is 30.4 Å². The van der Waals surface area contributed by atoms with Crippen LogP contribution in [-0.4, -0.2) is 13.4 Å². The van der Waals surface area contributed by atoms with Crippen molar-refractivity contribution in [1.82, 2.24) is 4.98 Å². The predicted molar refractivity (Wildman–Crippen MR) is 53.5 cm³/mol. The third kappa shape index (κ3) is 3.16. The van der Waals surface area contributed by atoms with Crippen LogP contribution in [0, 0.1) is 0 Å². The summed E-state index contributed by atoms with van der Waals surface area (Å²) in [7, 11) is -4.82. The van der Waals surface area contributed by atoms with Crippen LogP contribution in [0.25, 0.3) is 0 Å². The molecule has 0 aliphatic carbocycles. The topological polar surface area (TPSA) is 99.1 Å². The number of pyridine rings is 1. The summed E-state index contributed by atoms with van der Waals surface area (Å²) in [6, 6.07) is 0. The first-order valence-electron chi connectivity index (χ1n) is 4.60. The molecule has 0 radical (unpaired) electrons. The quantitative estimate of drug-likeness (QED) is 0.818. The van der Waals surface area contributed by atoms with Gasteiger partial charge in [-0.15, -0.1) is 0 Å². The molecule has 0 aromatic carbocycles. The molecule has 0 saturated carbocycles. The monoisotopic (exact) mass is 305 g/mol. The molecule has 1 aromatic rings. The average molecular weight is 305 g/mol. The first kappa shape index (κ1) is 15.7. The van der Waals surface area contributed by atoms with E-state index in [0.29, 0.717) is 6.20 Å². The Kier molecular flexibility index (Phi) is 4.12. The van der Waals surface area contributed by atoms with Gasteiger partial charge >= 0.3 is 6.18 Å². The van der Waals surface area contributed by atoms with E-state index in [9.17, 15) is 30.4 Å². The summed E-state index contributed by atoms with van der Waals surface area (Å²) < 4.78 is 85.6. The normalized spacial score (nSPS) is 13.1. The second-order valence-corrected chi connectivity index (χ2v) is 4.90. The van der Waals surface area contributed by atoms with E-state index >= 15 is 0 Å². The van der Waals surface area contributed by atoms with Gasteiger partial charge in [0.25, 0.3) is 16.4 Å². The van der Waals surface area contributed by atoms with Gasteiger partial charge in [0, 0.05) is 18.3 Å². The lowest BCUT2D eigenvalue weighted by atomic mass is 10.0. The smallest absolute Gasteiger partial charge is 0.326 e. The fraction of sp³-hybridized carbons (Fsp3) is 0.375. The zero-order valence-electron chi connectivity index (χ0n) is 9.08. The summed E-state index contributed by atoms with van der Waals surface area (Å²) in [5, 5.41) is 3.06. The molecule has 0 saturated heterocycles. The average Bonchev–Trinajstić information content (AvgIpc) is 2.24. The molecule has 4 N–H and O–H groups in total. The highest BCUT2D eigenvalue weighted by Crippen LogP contribution is 2.38. The molecule has 1 heterocycles. The Hall–Kier alpha value is -1.33. The van der Waals surface area contributed by atoms with Gasteiger partial charge in [-0.2, -0.15) is 13.2 Å². The lowest BCUT2D eigenvalue weighted by Crippen LogP contribution is -2.24. The lowest BCUT2D eigenvalue weighted by Gasteiger charge is -2.17. The van der Waals surface area contributed by atoms with Crippen LogP contribution in [0.4, 0.5) is 22.0 Å². The molecule has 0 amide bonds. The van der Waals surface area contributed by atoms with E-state index in [-0.39, 0.29) is 0 Å². The Morgan fingerprint density at radius 2 is 1.84 bits per heavy atom. The minimum absolute atomic E-state index is 0.321. The second-order valence-electron chi connectivity index (χ2n) is 3.42. The molecule has 0 aliphatic rings. The van der Waals surface area contributed by atoms with E-state index < -0.39 is 50.9 Å². The van der Waals surface area contributed by atoms with Crippen molar-refractivity contribution in [2.75, 3.05) is 0 Å². The number of nitrogens with zero attached hydrogens (tertiary/aromatic N) is 1. The Morgan fingerprint density at radius 3 is 2.16 bits per heavy atom. The third-order valence-corrected chi connectivity index (χ3v) is 3.03. The Labute approximate surface area is 104 Å². The van der Waals surface area contributed by atoms with E-state index in [2.05, 4.69) is 10.1 Å². The van der Waals surface area contributed by atoms with E-state index in [1.165, 1.54) is 0 Å². The molecule has 5 nitrogen and oxygen atoms in total. The zero-order chi connectivity index (χ0) is 15.0. The number of rotatable bonds is 3. The van der Waals surface area contributed by atoms with Crippen LogP contribution in [0.5, 0.6) is 0 Å². The molecule has 0 unspecified atom stereocenters. The van der Waals surface area contributed by atoms with E-state index in [1.807, 2.05) is 0 Å². The minimum atomic E-state index is -5.23. The molecule has 0 bridgehead atoms. The summed E-state index contributed by atoms with van der Waals surface area (Å²) in [5.41, 5.74) is 1.03. The molecular weight excluding hydrogens is 297 g/mol. The van der Waals surface area contributed by atoms with Crippen LogP contribution < -0.4 is 10.9 Å². The van der Waals surface area contributed by atoms with Crippen LogP contribution in [0.15, 0.2) is 11.2 Å².